The predicted octanol–water partition coefficient (Wildman–Crippen LogP) is 1.16. The van der Waals surface area contributed by atoms with E-state index in [2.05, 4.69) is 0 Å². The van der Waals surface area contributed by atoms with Crippen LogP contribution in [0.5, 0.6) is 0 Å². The van der Waals surface area contributed by atoms with Crippen molar-refractivity contribution in [1.29, 1.82) is 0 Å². The van der Waals surface area contributed by atoms with E-state index >= 15 is 0 Å². The first-order valence-corrected chi connectivity index (χ1v) is 4.87. The topological polar surface area (TPSA) is 63.3 Å². The standard InChI is InChI=1S/C9H13NO2S/c1-9(2,12)5-7-6(8(10)11)3-4-13-7/h3-4,12H,5H2,1-2H3,(H2,10,11). The molecule has 0 aliphatic rings. The number of carbonyl (C=O) groups excluding carboxylic acids is 1. The van der Waals surface area contributed by atoms with E-state index in [1.165, 1.54) is 11.3 Å². The summed E-state index contributed by atoms with van der Waals surface area (Å²) in [6.07, 6.45) is 0.461. The van der Waals surface area contributed by atoms with E-state index in [4.69, 9.17) is 5.73 Å². The van der Waals surface area contributed by atoms with Gasteiger partial charge in [0.15, 0.2) is 0 Å². The highest BCUT2D eigenvalue weighted by atomic mass is 32.1. The molecule has 0 atom stereocenters. The van der Waals surface area contributed by atoms with E-state index in [1.54, 1.807) is 25.3 Å². The van der Waals surface area contributed by atoms with Crippen LogP contribution in [0.2, 0.25) is 0 Å². The van der Waals surface area contributed by atoms with Gasteiger partial charge in [-0.1, -0.05) is 0 Å². The number of aliphatic hydroxyl groups is 1. The van der Waals surface area contributed by atoms with E-state index in [0.717, 1.165) is 4.88 Å². The van der Waals surface area contributed by atoms with Gasteiger partial charge in [0.25, 0.3) is 0 Å². The molecule has 0 saturated heterocycles. The molecule has 0 unspecified atom stereocenters. The summed E-state index contributed by atoms with van der Waals surface area (Å²) in [7, 11) is 0. The number of hydrogen-bond donors (Lipinski definition) is 2. The first kappa shape index (κ1) is 10.2. The van der Waals surface area contributed by atoms with Gasteiger partial charge < -0.3 is 10.8 Å². The van der Waals surface area contributed by atoms with Crippen molar-refractivity contribution in [3.05, 3.63) is 21.9 Å². The third kappa shape index (κ3) is 2.82. The average Bonchev–Trinajstić information content (AvgIpc) is 2.31. The number of carbonyl (C=O) groups is 1. The van der Waals surface area contributed by atoms with Gasteiger partial charge in [0.05, 0.1) is 11.2 Å². The number of hydrogen-bond acceptors (Lipinski definition) is 3. The third-order valence-electron chi connectivity index (χ3n) is 1.60. The molecule has 13 heavy (non-hydrogen) atoms. The maximum Gasteiger partial charge on any atom is 0.249 e. The van der Waals surface area contributed by atoms with Crippen LogP contribution in [0.1, 0.15) is 29.1 Å². The van der Waals surface area contributed by atoms with Gasteiger partial charge >= 0.3 is 0 Å². The van der Waals surface area contributed by atoms with Crippen LogP contribution in [-0.4, -0.2) is 16.6 Å². The zero-order valence-corrected chi connectivity index (χ0v) is 8.52. The highest BCUT2D eigenvalue weighted by Gasteiger charge is 2.18. The Balaban J connectivity index is 2.89. The minimum atomic E-state index is -0.797. The maximum absolute atomic E-state index is 10.9. The molecule has 3 nitrogen and oxygen atoms in total. The van der Waals surface area contributed by atoms with Gasteiger partial charge in [-0.05, 0) is 25.3 Å². The fourth-order valence-electron chi connectivity index (χ4n) is 1.09. The van der Waals surface area contributed by atoms with Crippen LogP contribution in [0.4, 0.5) is 0 Å². The van der Waals surface area contributed by atoms with Crippen molar-refractivity contribution in [2.24, 2.45) is 5.73 Å². The molecule has 3 N–H and O–H groups in total. The van der Waals surface area contributed by atoms with Gasteiger partial charge in [0, 0.05) is 11.3 Å². The van der Waals surface area contributed by atoms with E-state index in [1.807, 2.05) is 0 Å². The van der Waals surface area contributed by atoms with E-state index in [-0.39, 0.29) is 0 Å². The third-order valence-corrected chi connectivity index (χ3v) is 2.52. The molecular weight excluding hydrogens is 186 g/mol. The lowest BCUT2D eigenvalue weighted by Gasteiger charge is -2.16. The van der Waals surface area contributed by atoms with Crippen molar-refractivity contribution in [2.75, 3.05) is 0 Å². The Bertz CT molecular complexity index is 312. The minimum absolute atomic E-state index is 0.430. The fourth-order valence-corrected chi connectivity index (χ4v) is 2.19. The summed E-state index contributed by atoms with van der Waals surface area (Å²) in [4.78, 5) is 11.8. The second kappa shape index (κ2) is 3.47. The molecule has 0 aliphatic heterocycles. The Morgan fingerprint density at radius 1 is 1.69 bits per heavy atom. The maximum atomic E-state index is 10.9. The first-order chi connectivity index (χ1) is 5.90. The first-order valence-electron chi connectivity index (χ1n) is 3.99. The van der Waals surface area contributed by atoms with E-state index in [0.29, 0.717) is 12.0 Å². The largest absolute Gasteiger partial charge is 0.390 e. The molecule has 1 aromatic rings. The Morgan fingerprint density at radius 3 is 2.77 bits per heavy atom. The van der Waals surface area contributed by atoms with E-state index in [9.17, 15) is 9.90 Å². The van der Waals surface area contributed by atoms with Crippen LogP contribution in [0.25, 0.3) is 0 Å². The number of primary amides is 1. The molecule has 0 spiro atoms. The highest BCUT2D eigenvalue weighted by molar-refractivity contribution is 7.10. The Morgan fingerprint density at radius 2 is 2.31 bits per heavy atom. The molecule has 1 amide bonds. The molecule has 0 bridgehead atoms. The summed E-state index contributed by atoms with van der Waals surface area (Å²) >= 11 is 1.44. The molecular formula is C9H13NO2S. The van der Waals surface area contributed by atoms with Gasteiger partial charge in [-0.15, -0.1) is 11.3 Å². The Labute approximate surface area is 81.2 Å². The minimum Gasteiger partial charge on any atom is -0.390 e. The van der Waals surface area contributed by atoms with Crippen molar-refractivity contribution in [1.82, 2.24) is 0 Å². The molecule has 4 heteroatoms. The average molecular weight is 199 g/mol. The van der Waals surface area contributed by atoms with Gasteiger partial charge in [0.1, 0.15) is 0 Å². The van der Waals surface area contributed by atoms with Crippen molar-refractivity contribution < 1.29 is 9.90 Å². The lowest BCUT2D eigenvalue weighted by molar-refractivity contribution is 0.0814. The Hall–Kier alpha value is -0.870. The van der Waals surface area contributed by atoms with Crippen molar-refractivity contribution in [2.45, 2.75) is 25.9 Å². The van der Waals surface area contributed by atoms with Crippen LogP contribution in [0.3, 0.4) is 0 Å². The predicted molar refractivity (Wildman–Crippen MR) is 52.8 cm³/mol. The summed E-state index contributed by atoms with van der Waals surface area (Å²) in [5, 5.41) is 11.4. The van der Waals surface area contributed by atoms with E-state index < -0.39 is 11.5 Å². The number of nitrogens with two attached hydrogens (primary N) is 1. The lowest BCUT2D eigenvalue weighted by Crippen LogP contribution is -2.23. The Kier molecular flexibility index (Phi) is 2.73. The fraction of sp³-hybridized carbons (Fsp3) is 0.444. The van der Waals surface area contributed by atoms with Crippen molar-refractivity contribution in [3.8, 4) is 0 Å². The number of thiophene rings is 1. The van der Waals surface area contributed by atoms with Gasteiger partial charge in [0.2, 0.25) is 5.91 Å². The molecule has 72 valence electrons. The number of amides is 1. The zero-order valence-electron chi connectivity index (χ0n) is 7.70. The summed E-state index contributed by atoms with van der Waals surface area (Å²) in [6.45, 7) is 3.41. The number of rotatable bonds is 3. The lowest BCUT2D eigenvalue weighted by atomic mass is 10.0. The van der Waals surface area contributed by atoms with Gasteiger partial charge in [-0.3, -0.25) is 4.79 Å². The summed E-state index contributed by atoms with van der Waals surface area (Å²) in [6, 6.07) is 1.69. The normalized spacial score (nSPS) is 11.6. The smallest absolute Gasteiger partial charge is 0.249 e. The second-order valence-electron chi connectivity index (χ2n) is 3.61. The van der Waals surface area contributed by atoms with Crippen LogP contribution in [0.15, 0.2) is 11.4 Å². The summed E-state index contributed by atoms with van der Waals surface area (Å²) < 4.78 is 0. The van der Waals surface area contributed by atoms with Crippen LogP contribution >= 0.6 is 11.3 Å². The van der Waals surface area contributed by atoms with Gasteiger partial charge in [-0.2, -0.15) is 0 Å². The van der Waals surface area contributed by atoms with Crippen molar-refractivity contribution in [3.63, 3.8) is 0 Å². The quantitative estimate of drug-likeness (QED) is 0.767. The van der Waals surface area contributed by atoms with Crippen LogP contribution in [-0.2, 0) is 6.42 Å². The molecule has 0 radical (unpaired) electrons. The zero-order chi connectivity index (χ0) is 10.1. The molecule has 0 fully saturated rings. The monoisotopic (exact) mass is 199 g/mol. The molecule has 1 rings (SSSR count). The van der Waals surface area contributed by atoms with Crippen LogP contribution < -0.4 is 5.73 Å². The molecule has 0 aliphatic carbocycles. The molecule has 0 saturated carbocycles. The SMILES string of the molecule is CC(C)(O)Cc1sccc1C(N)=O. The summed E-state index contributed by atoms with van der Waals surface area (Å²) in [5.41, 5.74) is 4.89. The highest BCUT2D eigenvalue weighted by Crippen LogP contribution is 2.21. The molecule has 1 aromatic heterocycles. The van der Waals surface area contributed by atoms with Crippen LogP contribution in [0, 0.1) is 0 Å². The molecule has 0 aromatic carbocycles. The second-order valence-corrected chi connectivity index (χ2v) is 4.61. The summed E-state index contributed by atoms with van der Waals surface area (Å²) in [5.74, 6) is -0.430. The molecule has 1 heterocycles. The van der Waals surface area contributed by atoms with Gasteiger partial charge in [-0.25, -0.2) is 0 Å². The van der Waals surface area contributed by atoms with Crippen molar-refractivity contribution >= 4 is 17.2 Å².